The normalized spacial score (nSPS) is 11.0. The van der Waals surface area contributed by atoms with Gasteiger partial charge in [-0.25, -0.2) is 0 Å². The molecule has 0 aliphatic carbocycles. The minimum atomic E-state index is 1.25. The van der Waals surface area contributed by atoms with Gasteiger partial charge < -0.3 is 0 Å². The lowest BCUT2D eigenvalue weighted by molar-refractivity contribution is 1.54. The third-order valence-corrected chi connectivity index (χ3v) is 7.44. The maximum atomic E-state index is 2.56. The zero-order valence-corrected chi connectivity index (χ0v) is 20.5. The first-order valence-electron chi connectivity index (χ1n) is 9.85. The van der Waals surface area contributed by atoms with Gasteiger partial charge in [0.15, 0.2) is 0 Å². The van der Waals surface area contributed by atoms with Crippen molar-refractivity contribution in [3.63, 3.8) is 0 Å². The van der Waals surface area contributed by atoms with Gasteiger partial charge in [-0.15, -0.1) is 0 Å². The molecule has 0 heterocycles. The summed E-state index contributed by atoms with van der Waals surface area (Å²) >= 11 is 5.03. The van der Waals surface area contributed by atoms with Crippen LogP contribution in [0.3, 0.4) is 0 Å². The van der Waals surface area contributed by atoms with Gasteiger partial charge in [-0.05, 0) is 84.3 Å². The van der Waals surface area contributed by atoms with Gasteiger partial charge in [0, 0.05) is 18.3 Å². The van der Waals surface area contributed by atoms with Crippen LogP contribution in [0.25, 0.3) is 44.2 Å². The van der Waals surface area contributed by atoms with Crippen molar-refractivity contribution in [3.05, 3.63) is 116 Å². The van der Waals surface area contributed by atoms with Crippen molar-refractivity contribution in [1.29, 1.82) is 0 Å². The van der Waals surface area contributed by atoms with E-state index in [2.05, 4.69) is 154 Å². The molecule has 0 atom stereocenters. The Bertz CT molecular complexity index is 1340. The zero-order chi connectivity index (χ0) is 20.5. The Labute approximate surface area is 204 Å². The Morgan fingerprint density at radius 3 is 1.47 bits per heavy atom. The lowest BCUT2D eigenvalue weighted by atomic mass is 9.85. The molecule has 0 N–H and O–H groups in total. The number of hydrogen-bond acceptors (Lipinski definition) is 0. The molecule has 0 radical (unpaired) electrons. The summed E-state index contributed by atoms with van der Waals surface area (Å²) in [5.74, 6) is 0. The van der Waals surface area contributed by atoms with Crippen LogP contribution in [0.4, 0.5) is 0 Å². The second-order valence-electron chi connectivity index (χ2n) is 7.20. The van der Waals surface area contributed by atoms with Crippen LogP contribution >= 0.6 is 45.2 Å². The van der Waals surface area contributed by atoms with Crippen molar-refractivity contribution in [2.24, 2.45) is 0 Å². The van der Waals surface area contributed by atoms with Crippen LogP contribution in [0.1, 0.15) is 0 Å². The van der Waals surface area contributed by atoms with E-state index < -0.39 is 0 Å². The van der Waals surface area contributed by atoms with Crippen molar-refractivity contribution >= 4 is 56.0 Å². The van der Waals surface area contributed by atoms with E-state index in [0.717, 1.165) is 0 Å². The van der Waals surface area contributed by atoms with Crippen LogP contribution in [0, 0.1) is 7.14 Å². The molecule has 0 nitrogen and oxygen atoms in total. The summed E-state index contributed by atoms with van der Waals surface area (Å²) in [6.45, 7) is 0. The third kappa shape index (κ3) is 3.46. The molecule has 0 unspecified atom stereocenters. The molecule has 0 aliphatic rings. The molecule has 2 heteroatoms. The van der Waals surface area contributed by atoms with Gasteiger partial charge in [-0.3, -0.25) is 0 Å². The molecule has 5 aromatic rings. The Hall–Kier alpha value is -2.18. The first-order chi connectivity index (χ1) is 14.8. The summed E-state index contributed by atoms with van der Waals surface area (Å²) in [7, 11) is 0. The van der Waals surface area contributed by atoms with Crippen molar-refractivity contribution in [2.45, 2.75) is 0 Å². The van der Waals surface area contributed by atoms with Crippen molar-refractivity contribution < 1.29 is 0 Å². The van der Waals surface area contributed by atoms with E-state index in [4.69, 9.17) is 0 Å². The van der Waals surface area contributed by atoms with Crippen LogP contribution in [0.5, 0.6) is 0 Å². The summed E-state index contributed by atoms with van der Waals surface area (Å²) < 4.78 is 2.56. The Morgan fingerprint density at radius 1 is 0.400 bits per heavy atom. The lowest BCUT2D eigenvalue weighted by Crippen LogP contribution is -1.97. The van der Waals surface area contributed by atoms with E-state index in [0.29, 0.717) is 0 Å². The number of fused-ring (bicyclic) bond motifs is 1. The maximum absolute atomic E-state index is 2.56. The van der Waals surface area contributed by atoms with Gasteiger partial charge in [0.2, 0.25) is 0 Å². The smallest absolute Gasteiger partial charge is 0.0300 e. The zero-order valence-electron chi connectivity index (χ0n) is 16.1. The van der Waals surface area contributed by atoms with Crippen LogP contribution in [0.2, 0.25) is 0 Å². The molecule has 0 saturated carbocycles. The number of halogens is 2. The first kappa shape index (κ1) is 19.8. The summed E-state index contributed by atoms with van der Waals surface area (Å²) in [4.78, 5) is 0. The largest absolute Gasteiger partial charge is 0.0622 e. The second kappa shape index (κ2) is 8.52. The van der Waals surface area contributed by atoms with Crippen LogP contribution < -0.4 is 0 Å². The molecule has 30 heavy (non-hydrogen) atoms. The molecule has 5 rings (SSSR count). The molecule has 0 aliphatic heterocycles. The number of rotatable bonds is 3. The molecule has 0 aromatic heterocycles. The fraction of sp³-hybridized carbons (Fsp3) is 0. The van der Waals surface area contributed by atoms with Gasteiger partial charge in [0.1, 0.15) is 0 Å². The fourth-order valence-corrected chi connectivity index (χ4v) is 5.93. The van der Waals surface area contributed by atoms with Gasteiger partial charge >= 0.3 is 0 Å². The van der Waals surface area contributed by atoms with Gasteiger partial charge in [-0.2, -0.15) is 0 Å². The van der Waals surface area contributed by atoms with Gasteiger partial charge in [0.25, 0.3) is 0 Å². The minimum absolute atomic E-state index is 1.25. The molecular weight excluding hydrogens is 590 g/mol. The van der Waals surface area contributed by atoms with E-state index >= 15 is 0 Å². The average molecular weight is 608 g/mol. The van der Waals surface area contributed by atoms with Gasteiger partial charge in [0.05, 0.1) is 0 Å². The standard InChI is InChI=1S/C28H18I2/c29-24-18-10-9-17-23(24)27-25(19-11-3-1-4-12-19)21-15-7-8-16-22(21)26(28(27)30)20-13-5-2-6-14-20/h1-18H. The predicted molar refractivity (Wildman–Crippen MR) is 146 cm³/mol. The summed E-state index contributed by atoms with van der Waals surface area (Å²) in [5, 5.41) is 2.58. The van der Waals surface area contributed by atoms with Crippen LogP contribution in [-0.2, 0) is 0 Å². The topological polar surface area (TPSA) is 0 Å². The van der Waals surface area contributed by atoms with Crippen LogP contribution in [-0.4, -0.2) is 0 Å². The highest BCUT2D eigenvalue weighted by Crippen LogP contribution is 2.47. The number of benzene rings is 5. The average Bonchev–Trinajstić information content (AvgIpc) is 2.80. The van der Waals surface area contributed by atoms with Crippen molar-refractivity contribution in [3.8, 4) is 33.4 Å². The van der Waals surface area contributed by atoms with Gasteiger partial charge in [-0.1, -0.05) is 103 Å². The SMILES string of the molecule is Ic1ccccc1-c1c(I)c(-c2ccccc2)c2ccccc2c1-c1ccccc1. The first-order valence-corrected chi connectivity index (χ1v) is 12.0. The van der Waals surface area contributed by atoms with Crippen molar-refractivity contribution in [2.75, 3.05) is 0 Å². The van der Waals surface area contributed by atoms with Crippen molar-refractivity contribution in [1.82, 2.24) is 0 Å². The fourth-order valence-electron chi connectivity index (χ4n) is 4.12. The molecule has 0 spiro atoms. The summed E-state index contributed by atoms with van der Waals surface area (Å²) in [6, 6.07) is 39.0. The highest BCUT2D eigenvalue weighted by atomic mass is 127. The van der Waals surface area contributed by atoms with E-state index in [1.54, 1.807) is 0 Å². The molecule has 0 amide bonds. The molecule has 144 valence electrons. The molecule has 5 aromatic carbocycles. The Morgan fingerprint density at radius 2 is 0.867 bits per heavy atom. The van der Waals surface area contributed by atoms with E-state index in [1.165, 1.54) is 51.3 Å². The molecule has 0 fully saturated rings. The lowest BCUT2D eigenvalue weighted by Gasteiger charge is -2.21. The summed E-state index contributed by atoms with van der Waals surface area (Å²) in [5.41, 5.74) is 7.71. The quantitative estimate of drug-likeness (QED) is 0.180. The Kier molecular flexibility index (Phi) is 5.61. The molecular formula is C28H18I2. The van der Waals surface area contributed by atoms with E-state index in [9.17, 15) is 0 Å². The Balaban J connectivity index is 2.01. The summed E-state index contributed by atoms with van der Waals surface area (Å²) in [6.07, 6.45) is 0. The highest BCUT2D eigenvalue weighted by Gasteiger charge is 2.22. The molecule has 0 bridgehead atoms. The van der Waals surface area contributed by atoms with E-state index in [-0.39, 0.29) is 0 Å². The second-order valence-corrected chi connectivity index (χ2v) is 9.44. The van der Waals surface area contributed by atoms with E-state index in [1.807, 2.05) is 0 Å². The predicted octanol–water partition coefficient (Wildman–Crippen LogP) is 9.05. The molecule has 0 saturated heterocycles. The number of hydrogen-bond donors (Lipinski definition) is 0. The van der Waals surface area contributed by atoms with Crippen LogP contribution in [0.15, 0.2) is 109 Å². The minimum Gasteiger partial charge on any atom is -0.0622 e. The highest BCUT2D eigenvalue weighted by molar-refractivity contribution is 14.1. The maximum Gasteiger partial charge on any atom is 0.0300 e. The monoisotopic (exact) mass is 608 g/mol. The third-order valence-electron chi connectivity index (χ3n) is 5.42.